The largest absolute Gasteiger partial charge is 0.315 e. The van der Waals surface area contributed by atoms with E-state index in [9.17, 15) is 0 Å². The monoisotopic (exact) mass is 255 g/mol. The number of nitrogens with one attached hydrogen (secondary N) is 1. The molecule has 1 N–H and O–H groups in total. The molecule has 0 aromatic carbocycles. The van der Waals surface area contributed by atoms with Crippen LogP contribution in [0.2, 0.25) is 0 Å². The van der Waals surface area contributed by atoms with E-state index in [-0.39, 0.29) is 0 Å². The zero-order chi connectivity index (χ0) is 7.82. The van der Waals surface area contributed by atoms with E-state index in [1.165, 1.54) is 30.2 Å². The van der Waals surface area contributed by atoms with Crippen LogP contribution in [-0.4, -0.2) is 17.0 Å². The normalized spacial score (nSPS) is 10.8. The highest BCUT2D eigenvalue weighted by Crippen LogP contribution is 1.97. The van der Waals surface area contributed by atoms with Crippen molar-refractivity contribution in [2.24, 2.45) is 0 Å². The van der Waals surface area contributed by atoms with Crippen molar-refractivity contribution in [3.05, 3.63) is 0 Å². The van der Waals surface area contributed by atoms with E-state index in [1.807, 2.05) is 0 Å². The fourth-order valence-electron chi connectivity index (χ4n) is 0.787. The van der Waals surface area contributed by atoms with Crippen molar-refractivity contribution in [2.75, 3.05) is 11.0 Å². The lowest BCUT2D eigenvalue weighted by molar-refractivity contribution is 0.556. The molecule has 1 nitrogen and oxygen atoms in total. The van der Waals surface area contributed by atoms with Crippen LogP contribution < -0.4 is 5.32 Å². The van der Waals surface area contributed by atoms with Crippen molar-refractivity contribution in [2.45, 2.75) is 39.2 Å². The Balaban J connectivity index is 2.77. The molecule has 0 aliphatic rings. The number of hydrogen-bond acceptors (Lipinski definition) is 1. The maximum atomic E-state index is 3.40. The SMILES string of the molecule is CC(C)NCCCCCI. The molecule has 0 saturated carbocycles. The quantitative estimate of drug-likeness (QED) is 0.437. The van der Waals surface area contributed by atoms with Gasteiger partial charge < -0.3 is 5.32 Å². The Labute approximate surface area is 78.1 Å². The average molecular weight is 255 g/mol. The van der Waals surface area contributed by atoms with E-state index in [2.05, 4.69) is 41.8 Å². The molecule has 0 rings (SSSR count). The predicted octanol–water partition coefficient (Wildman–Crippen LogP) is 2.59. The van der Waals surface area contributed by atoms with Crippen LogP contribution in [0.15, 0.2) is 0 Å². The standard InChI is InChI=1S/C8H18IN/c1-8(2)10-7-5-3-4-6-9/h8,10H,3-7H2,1-2H3. The van der Waals surface area contributed by atoms with Crippen LogP contribution in [0.3, 0.4) is 0 Å². The van der Waals surface area contributed by atoms with Crippen LogP contribution >= 0.6 is 22.6 Å². The van der Waals surface area contributed by atoms with Gasteiger partial charge in [0.2, 0.25) is 0 Å². The van der Waals surface area contributed by atoms with E-state index in [0.717, 1.165) is 0 Å². The Kier molecular flexibility index (Phi) is 8.33. The third-order valence-corrected chi connectivity index (χ3v) is 2.13. The van der Waals surface area contributed by atoms with Crippen molar-refractivity contribution in [1.29, 1.82) is 0 Å². The summed E-state index contributed by atoms with van der Waals surface area (Å²) in [5.41, 5.74) is 0. The molecule has 2 heteroatoms. The highest BCUT2D eigenvalue weighted by Gasteiger charge is 1.90. The van der Waals surface area contributed by atoms with Gasteiger partial charge >= 0.3 is 0 Å². The van der Waals surface area contributed by atoms with Crippen molar-refractivity contribution in [3.63, 3.8) is 0 Å². The Hall–Kier alpha value is 0.690. The Morgan fingerprint density at radius 3 is 2.40 bits per heavy atom. The van der Waals surface area contributed by atoms with Crippen molar-refractivity contribution in [3.8, 4) is 0 Å². The minimum Gasteiger partial charge on any atom is -0.315 e. The van der Waals surface area contributed by atoms with Crippen molar-refractivity contribution < 1.29 is 0 Å². The molecule has 0 atom stereocenters. The van der Waals surface area contributed by atoms with Gasteiger partial charge in [0.1, 0.15) is 0 Å². The lowest BCUT2D eigenvalue weighted by Crippen LogP contribution is -2.23. The molecule has 0 aliphatic heterocycles. The van der Waals surface area contributed by atoms with E-state index in [4.69, 9.17) is 0 Å². The van der Waals surface area contributed by atoms with E-state index in [1.54, 1.807) is 0 Å². The van der Waals surface area contributed by atoms with Gasteiger partial charge in [0.25, 0.3) is 0 Å². The molecule has 0 spiro atoms. The van der Waals surface area contributed by atoms with Crippen LogP contribution in [0.1, 0.15) is 33.1 Å². The first-order valence-corrected chi connectivity index (χ1v) is 5.59. The predicted molar refractivity (Wildman–Crippen MR) is 55.9 cm³/mol. The molecule has 0 fully saturated rings. The minimum atomic E-state index is 0.652. The first-order chi connectivity index (χ1) is 4.77. The lowest BCUT2D eigenvalue weighted by Gasteiger charge is -2.06. The van der Waals surface area contributed by atoms with E-state index >= 15 is 0 Å². The number of unbranched alkanes of at least 4 members (excludes halogenated alkanes) is 2. The molecule has 0 aliphatic carbocycles. The third kappa shape index (κ3) is 8.69. The van der Waals surface area contributed by atoms with Gasteiger partial charge in [-0.25, -0.2) is 0 Å². The van der Waals surface area contributed by atoms with E-state index in [0.29, 0.717) is 6.04 Å². The Bertz CT molecular complexity index is 64.3. The van der Waals surface area contributed by atoms with Crippen molar-refractivity contribution >= 4 is 22.6 Å². The van der Waals surface area contributed by atoms with E-state index < -0.39 is 0 Å². The summed E-state index contributed by atoms with van der Waals surface area (Å²) in [5, 5.41) is 3.40. The van der Waals surface area contributed by atoms with Crippen LogP contribution in [0, 0.1) is 0 Å². The van der Waals surface area contributed by atoms with Gasteiger partial charge in [0.15, 0.2) is 0 Å². The summed E-state index contributed by atoms with van der Waals surface area (Å²) in [6, 6.07) is 0.652. The molecule has 10 heavy (non-hydrogen) atoms. The molecule has 62 valence electrons. The topological polar surface area (TPSA) is 12.0 Å². The first kappa shape index (κ1) is 10.7. The second-order valence-corrected chi connectivity index (χ2v) is 3.94. The smallest absolute Gasteiger partial charge is 0.00103 e. The fraction of sp³-hybridized carbons (Fsp3) is 1.00. The summed E-state index contributed by atoms with van der Waals surface area (Å²) in [6.45, 7) is 5.57. The highest BCUT2D eigenvalue weighted by molar-refractivity contribution is 14.1. The molecule has 0 amide bonds. The van der Waals surface area contributed by atoms with Gasteiger partial charge in [0.05, 0.1) is 0 Å². The van der Waals surface area contributed by atoms with Gasteiger partial charge in [0, 0.05) is 6.04 Å². The molecule has 0 unspecified atom stereocenters. The maximum absolute atomic E-state index is 3.40. The van der Waals surface area contributed by atoms with Crippen LogP contribution in [0.25, 0.3) is 0 Å². The van der Waals surface area contributed by atoms with Gasteiger partial charge in [-0.05, 0) is 23.8 Å². The molecule has 0 radical (unpaired) electrons. The average Bonchev–Trinajstić information content (AvgIpc) is 1.87. The van der Waals surface area contributed by atoms with Gasteiger partial charge in [-0.15, -0.1) is 0 Å². The number of rotatable bonds is 6. The molecule has 0 heterocycles. The summed E-state index contributed by atoms with van der Waals surface area (Å²) < 4.78 is 1.30. The number of hydrogen-bond donors (Lipinski definition) is 1. The number of halogens is 1. The fourth-order valence-corrected chi connectivity index (χ4v) is 1.33. The van der Waals surface area contributed by atoms with Crippen LogP contribution in [-0.2, 0) is 0 Å². The molecular weight excluding hydrogens is 237 g/mol. The Morgan fingerprint density at radius 1 is 1.20 bits per heavy atom. The van der Waals surface area contributed by atoms with Crippen LogP contribution in [0.5, 0.6) is 0 Å². The molecule has 0 bridgehead atoms. The summed E-state index contributed by atoms with van der Waals surface area (Å²) >= 11 is 2.43. The molecule has 0 aromatic rings. The number of alkyl halides is 1. The Morgan fingerprint density at radius 2 is 1.90 bits per heavy atom. The van der Waals surface area contributed by atoms with Crippen LogP contribution in [0.4, 0.5) is 0 Å². The zero-order valence-corrected chi connectivity index (χ0v) is 9.15. The second-order valence-electron chi connectivity index (χ2n) is 2.86. The second kappa shape index (κ2) is 7.79. The third-order valence-electron chi connectivity index (χ3n) is 1.36. The first-order valence-electron chi connectivity index (χ1n) is 4.06. The summed E-state index contributed by atoms with van der Waals surface area (Å²) in [5.74, 6) is 0. The lowest BCUT2D eigenvalue weighted by atomic mass is 10.2. The van der Waals surface area contributed by atoms with Gasteiger partial charge in [-0.3, -0.25) is 0 Å². The maximum Gasteiger partial charge on any atom is 0.00103 e. The molecule has 0 saturated heterocycles. The molecule has 0 aromatic heterocycles. The summed E-state index contributed by atoms with van der Waals surface area (Å²) in [4.78, 5) is 0. The highest BCUT2D eigenvalue weighted by atomic mass is 127. The van der Waals surface area contributed by atoms with Gasteiger partial charge in [-0.2, -0.15) is 0 Å². The zero-order valence-electron chi connectivity index (χ0n) is 6.99. The van der Waals surface area contributed by atoms with Gasteiger partial charge in [-0.1, -0.05) is 42.9 Å². The molecular formula is C8H18IN. The minimum absolute atomic E-state index is 0.652. The summed E-state index contributed by atoms with van der Waals surface area (Å²) in [7, 11) is 0. The summed E-state index contributed by atoms with van der Waals surface area (Å²) in [6.07, 6.45) is 4.09. The van der Waals surface area contributed by atoms with Crippen molar-refractivity contribution in [1.82, 2.24) is 5.32 Å².